The molecule has 1 aliphatic heterocycles. The van der Waals surface area contributed by atoms with E-state index in [2.05, 4.69) is 45.1 Å². The first kappa shape index (κ1) is 19.4. The molecule has 0 spiro atoms. The average Bonchev–Trinajstić information content (AvgIpc) is 3.13. The van der Waals surface area contributed by atoms with Crippen molar-refractivity contribution < 1.29 is 9.90 Å². The lowest BCUT2D eigenvalue weighted by Gasteiger charge is -2.37. The molecule has 1 aliphatic rings. The van der Waals surface area contributed by atoms with Crippen molar-refractivity contribution in [2.24, 2.45) is 0 Å². The van der Waals surface area contributed by atoms with Gasteiger partial charge in [0.05, 0.1) is 0 Å². The SMILES string of the molecule is Cc1ccc2[nH]cc([C@H](C(=O)O)N3CCN(C/C=C/c4ccccc4)CC3)c2c1. The van der Waals surface area contributed by atoms with Gasteiger partial charge in [0.25, 0.3) is 0 Å². The number of aliphatic carboxylic acids is 1. The number of carboxylic acids is 1. The van der Waals surface area contributed by atoms with Crippen LogP contribution in [0.15, 0.2) is 60.8 Å². The van der Waals surface area contributed by atoms with Gasteiger partial charge in [0, 0.05) is 55.4 Å². The first-order valence-corrected chi connectivity index (χ1v) is 10.1. The largest absolute Gasteiger partial charge is 0.480 e. The zero-order chi connectivity index (χ0) is 20.2. The molecule has 0 bridgehead atoms. The molecule has 2 heterocycles. The molecule has 2 aromatic carbocycles. The van der Waals surface area contributed by atoms with Crippen molar-refractivity contribution in [1.82, 2.24) is 14.8 Å². The Balaban J connectivity index is 1.42. The van der Waals surface area contributed by atoms with E-state index in [-0.39, 0.29) is 0 Å². The van der Waals surface area contributed by atoms with Gasteiger partial charge in [-0.1, -0.05) is 54.1 Å². The summed E-state index contributed by atoms with van der Waals surface area (Å²) in [6, 6.07) is 15.8. The molecule has 4 rings (SSSR count). The van der Waals surface area contributed by atoms with Gasteiger partial charge in [-0.3, -0.25) is 14.6 Å². The number of piperazine rings is 1. The summed E-state index contributed by atoms with van der Waals surface area (Å²) in [6.45, 7) is 6.14. The van der Waals surface area contributed by atoms with E-state index in [0.29, 0.717) is 0 Å². The Hall–Kier alpha value is -2.89. The summed E-state index contributed by atoms with van der Waals surface area (Å²) in [4.78, 5) is 19.8. The second kappa shape index (κ2) is 8.64. The van der Waals surface area contributed by atoms with Crippen molar-refractivity contribution in [3.05, 3.63) is 77.5 Å². The third-order valence-electron chi connectivity index (χ3n) is 5.64. The number of carboxylic acid groups (broad SMARTS) is 1. The van der Waals surface area contributed by atoms with Gasteiger partial charge in [0.2, 0.25) is 0 Å². The van der Waals surface area contributed by atoms with Crippen LogP contribution in [0.1, 0.15) is 22.7 Å². The third kappa shape index (κ3) is 4.42. The Morgan fingerprint density at radius 3 is 2.62 bits per heavy atom. The number of aryl methyl sites for hydroxylation is 1. The maximum Gasteiger partial charge on any atom is 0.325 e. The highest BCUT2D eigenvalue weighted by atomic mass is 16.4. The number of rotatable bonds is 6. The van der Waals surface area contributed by atoms with Crippen LogP contribution in [0.3, 0.4) is 0 Å². The molecule has 1 saturated heterocycles. The van der Waals surface area contributed by atoms with E-state index in [4.69, 9.17) is 0 Å². The normalized spacial score (nSPS) is 17.1. The van der Waals surface area contributed by atoms with E-state index >= 15 is 0 Å². The van der Waals surface area contributed by atoms with Crippen LogP contribution in [-0.4, -0.2) is 58.6 Å². The second-order valence-corrected chi connectivity index (χ2v) is 7.68. The summed E-state index contributed by atoms with van der Waals surface area (Å²) in [7, 11) is 0. The molecule has 0 saturated carbocycles. The number of aromatic nitrogens is 1. The summed E-state index contributed by atoms with van der Waals surface area (Å²) < 4.78 is 0. The lowest BCUT2D eigenvalue weighted by Crippen LogP contribution is -2.49. The topological polar surface area (TPSA) is 59.6 Å². The van der Waals surface area contributed by atoms with Gasteiger partial charge in [0.15, 0.2) is 0 Å². The molecule has 0 radical (unpaired) electrons. The molecule has 150 valence electrons. The van der Waals surface area contributed by atoms with Crippen molar-refractivity contribution in [3.63, 3.8) is 0 Å². The van der Waals surface area contributed by atoms with Crippen LogP contribution in [0.2, 0.25) is 0 Å². The zero-order valence-corrected chi connectivity index (χ0v) is 16.7. The number of nitrogens with zero attached hydrogens (tertiary/aromatic N) is 2. The van der Waals surface area contributed by atoms with Crippen LogP contribution in [-0.2, 0) is 4.79 Å². The van der Waals surface area contributed by atoms with E-state index in [1.807, 2.05) is 43.5 Å². The molecule has 0 unspecified atom stereocenters. The van der Waals surface area contributed by atoms with E-state index < -0.39 is 12.0 Å². The number of hydrogen-bond acceptors (Lipinski definition) is 3. The van der Waals surface area contributed by atoms with Gasteiger partial charge in [-0.05, 0) is 24.6 Å². The van der Waals surface area contributed by atoms with Crippen LogP contribution < -0.4 is 0 Å². The Kier molecular flexibility index (Phi) is 5.79. The molecule has 1 aromatic heterocycles. The van der Waals surface area contributed by atoms with Gasteiger partial charge < -0.3 is 10.1 Å². The highest BCUT2D eigenvalue weighted by Gasteiger charge is 2.31. The fraction of sp³-hybridized carbons (Fsp3) is 0.292. The maximum atomic E-state index is 12.2. The molecule has 29 heavy (non-hydrogen) atoms. The average molecular weight is 389 g/mol. The van der Waals surface area contributed by atoms with Crippen LogP contribution in [0.25, 0.3) is 17.0 Å². The van der Waals surface area contributed by atoms with E-state index in [1.165, 1.54) is 5.56 Å². The molecule has 1 atom stereocenters. The van der Waals surface area contributed by atoms with Crippen LogP contribution in [0.5, 0.6) is 0 Å². The number of benzene rings is 2. The molecule has 5 nitrogen and oxygen atoms in total. The summed E-state index contributed by atoms with van der Waals surface area (Å²) in [5, 5.41) is 11.0. The van der Waals surface area contributed by atoms with E-state index in [0.717, 1.165) is 54.8 Å². The smallest absolute Gasteiger partial charge is 0.325 e. The predicted molar refractivity (Wildman–Crippen MR) is 117 cm³/mol. The minimum Gasteiger partial charge on any atom is -0.480 e. The monoisotopic (exact) mass is 389 g/mol. The minimum atomic E-state index is -0.787. The number of hydrogen-bond donors (Lipinski definition) is 2. The van der Waals surface area contributed by atoms with Crippen molar-refractivity contribution in [2.75, 3.05) is 32.7 Å². The standard InChI is InChI=1S/C24H27N3O2/c1-18-9-10-22-20(16-18)21(17-25-22)23(24(28)29)27-14-12-26(13-15-27)11-5-8-19-6-3-2-4-7-19/h2-10,16-17,23,25H,11-15H2,1H3,(H,28,29)/b8-5+/t23-/m1/s1. The molecule has 3 aromatic rings. The van der Waals surface area contributed by atoms with Gasteiger partial charge in [-0.2, -0.15) is 0 Å². The number of H-pyrrole nitrogens is 1. The Morgan fingerprint density at radius 2 is 1.90 bits per heavy atom. The number of carbonyl (C=O) groups is 1. The summed E-state index contributed by atoms with van der Waals surface area (Å²) in [5.41, 5.74) is 4.18. The quantitative estimate of drug-likeness (QED) is 0.671. The zero-order valence-electron chi connectivity index (χ0n) is 16.7. The Morgan fingerprint density at radius 1 is 1.14 bits per heavy atom. The highest BCUT2D eigenvalue weighted by Crippen LogP contribution is 2.30. The number of nitrogens with one attached hydrogen (secondary N) is 1. The van der Waals surface area contributed by atoms with Crippen LogP contribution in [0, 0.1) is 6.92 Å². The van der Waals surface area contributed by atoms with Crippen LogP contribution >= 0.6 is 0 Å². The van der Waals surface area contributed by atoms with Gasteiger partial charge in [-0.25, -0.2) is 0 Å². The molecule has 0 amide bonds. The second-order valence-electron chi connectivity index (χ2n) is 7.68. The highest BCUT2D eigenvalue weighted by molar-refractivity contribution is 5.89. The van der Waals surface area contributed by atoms with E-state index in [1.54, 1.807) is 0 Å². The summed E-state index contributed by atoms with van der Waals surface area (Å²) >= 11 is 0. The van der Waals surface area contributed by atoms with E-state index in [9.17, 15) is 9.90 Å². The number of aromatic amines is 1. The Labute approximate surface area is 171 Å². The fourth-order valence-electron chi connectivity index (χ4n) is 4.07. The Bertz CT molecular complexity index is 1000. The number of fused-ring (bicyclic) bond motifs is 1. The molecular weight excluding hydrogens is 362 g/mol. The van der Waals surface area contributed by atoms with Crippen molar-refractivity contribution in [3.8, 4) is 0 Å². The fourth-order valence-corrected chi connectivity index (χ4v) is 4.07. The predicted octanol–water partition coefficient (Wildman–Crippen LogP) is 3.93. The molecule has 5 heteroatoms. The van der Waals surface area contributed by atoms with Gasteiger partial charge >= 0.3 is 5.97 Å². The van der Waals surface area contributed by atoms with Crippen LogP contribution in [0.4, 0.5) is 0 Å². The van der Waals surface area contributed by atoms with Gasteiger partial charge in [0.1, 0.15) is 6.04 Å². The molecule has 0 aliphatic carbocycles. The third-order valence-corrected chi connectivity index (χ3v) is 5.64. The van der Waals surface area contributed by atoms with Crippen molar-refractivity contribution in [1.29, 1.82) is 0 Å². The molecular formula is C24H27N3O2. The maximum absolute atomic E-state index is 12.2. The molecule has 1 fully saturated rings. The van der Waals surface area contributed by atoms with Crippen molar-refractivity contribution in [2.45, 2.75) is 13.0 Å². The lowest BCUT2D eigenvalue weighted by molar-refractivity contribution is -0.144. The lowest BCUT2D eigenvalue weighted by atomic mass is 10.0. The minimum absolute atomic E-state index is 0.618. The van der Waals surface area contributed by atoms with Gasteiger partial charge in [-0.15, -0.1) is 0 Å². The summed E-state index contributed by atoms with van der Waals surface area (Å²) in [5.74, 6) is -0.787. The first-order valence-electron chi connectivity index (χ1n) is 10.1. The molecule has 2 N–H and O–H groups in total. The van der Waals surface area contributed by atoms with Crippen molar-refractivity contribution >= 4 is 22.9 Å². The summed E-state index contributed by atoms with van der Waals surface area (Å²) in [6.07, 6.45) is 6.18. The first-order chi connectivity index (χ1) is 14.1.